The Morgan fingerprint density at radius 1 is 1.03 bits per heavy atom. The summed E-state index contributed by atoms with van der Waals surface area (Å²) < 4.78 is 16.3. The number of anilines is 2. The summed E-state index contributed by atoms with van der Waals surface area (Å²) in [6, 6.07) is 15.7. The summed E-state index contributed by atoms with van der Waals surface area (Å²) in [6.45, 7) is 4.35. The van der Waals surface area contributed by atoms with E-state index >= 15 is 0 Å². The van der Waals surface area contributed by atoms with E-state index in [2.05, 4.69) is 25.8 Å². The molecular weight excluding hydrogens is 449 g/mol. The fourth-order valence-electron chi connectivity index (χ4n) is 3.39. The van der Waals surface area contributed by atoms with Gasteiger partial charge < -0.3 is 20.9 Å². The molecule has 9 nitrogen and oxygen atoms in total. The van der Waals surface area contributed by atoms with Gasteiger partial charge in [0.1, 0.15) is 23.7 Å². The predicted octanol–water partition coefficient (Wildman–Crippen LogP) is 4.02. The Bertz CT molecular complexity index is 1370. The Balaban J connectivity index is 1.51. The molecule has 4 rings (SSSR count). The van der Waals surface area contributed by atoms with Crippen LogP contribution in [-0.4, -0.2) is 31.6 Å². The fraction of sp³-hybridized carbons (Fsp3) is 0.160. The van der Waals surface area contributed by atoms with Gasteiger partial charge in [-0.05, 0) is 61.9 Å². The Morgan fingerprint density at radius 2 is 1.80 bits per heavy atom. The van der Waals surface area contributed by atoms with Crippen molar-refractivity contribution in [3.8, 4) is 11.5 Å². The lowest BCUT2D eigenvalue weighted by atomic mass is 10.1. The molecule has 0 radical (unpaired) electrons. The smallest absolute Gasteiger partial charge is 0.259 e. The Kier molecular flexibility index (Phi) is 6.93. The molecule has 0 saturated carbocycles. The van der Waals surface area contributed by atoms with Gasteiger partial charge in [0.15, 0.2) is 5.82 Å². The zero-order valence-electron chi connectivity index (χ0n) is 19.2. The Labute approximate surface area is 201 Å². The fourth-order valence-corrected chi connectivity index (χ4v) is 3.39. The second kappa shape index (κ2) is 10.2. The van der Waals surface area contributed by atoms with E-state index in [1.165, 1.54) is 12.1 Å². The van der Waals surface area contributed by atoms with Crippen LogP contribution in [-0.2, 0) is 6.54 Å². The van der Waals surface area contributed by atoms with Gasteiger partial charge in [-0.15, -0.1) is 10.2 Å². The van der Waals surface area contributed by atoms with Crippen LogP contribution < -0.4 is 16.4 Å². The van der Waals surface area contributed by atoms with Crippen molar-refractivity contribution in [2.24, 2.45) is 5.73 Å². The van der Waals surface area contributed by atoms with Crippen LogP contribution >= 0.6 is 0 Å². The molecule has 35 heavy (non-hydrogen) atoms. The molecule has 0 aliphatic heterocycles. The van der Waals surface area contributed by atoms with Crippen molar-refractivity contribution in [3.05, 3.63) is 89.5 Å². The summed E-state index contributed by atoms with van der Waals surface area (Å²) in [6.07, 6.45) is 1.61. The molecule has 0 bridgehead atoms. The van der Waals surface area contributed by atoms with Gasteiger partial charge in [0.2, 0.25) is 0 Å². The average molecular weight is 474 g/mol. The van der Waals surface area contributed by atoms with E-state index in [4.69, 9.17) is 5.73 Å². The van der Waals surface area contributed by atoms with Crippen molar-refractivity contribution < 1.29 is 14.0 Å². The number of halogens is 1. The van der Waals surface area contributed by atoms with Crippen molar-refractivity contribution in [1.29, 1.82) is 0 Å². The van der Waals surface area contributed by atoms with E-state index in [1.54, 1.807) is 48.8 Å². The van der Waals surface area contributed by atoms with Crippen molar-refractivity contribution in [2.75, 3.05) is 10.6 Å². The average Bonchev–Trinajstić information content (AvgIpc) is 3.36. The lowest BCUT2D eigenvalue weighted by Crippen LogP contribution is -2.17. The maximum Gasteiger partial charge on any atom is 0.259 e. The minimum Gasteiger partial charge on any atom is -0.326 e. The van der Waals surface area contributed by atoms with Crippen LogP contribution in [0.2, 0.25) is 0 Å². The second-order valence-corrected chi connectivity index (χ2v) is 8.07. The molecule has 4 N–H and O–H groups in total. The zero-order valence-corrected chi connectivity index (χ0v) is 19.2. The van der Waals surface area contributed by atoms with E-state index in [1.807, 2.05) is 18.4 Å². The lowest BCUT2D eigenvalue weighted by Gasteiger charge is -2.11. The van der Waals surface area contributed by atoms with Gasteiger partial charge >= 0.3 is 0 Å². The highest BCUT2D eigenvalue weighted by molar-refractivity contribution is 6.07. The van der Waals surface area contributed by atoms with Crippen molar-refractivity contribution in [2.45, 2.75) is 26.4 Å². The predicted molar refractivity (Wildman–Crippen MR) is 130 cm³/mol. The van der Waals surface area contributed by atoms with Crippen molar-refractivity contribution >= 4 is 23.3 Å². The summed E-state index contributed by atoms with van der Waals surface area (Å²) in [4.78, 5) is 29.8. The van der Waals surface area contributed by atoms with E-state index < -0.39 is 17.6 Å². The molecule has 0 spiro atoms. The number of amides is 2. The zero-order chi connectivity index (χ0) is 24.9. The highest BCUT2D eigenvalue weighted by atomic mass is 19.1. The van der Waals surface area contributed by atoms with Crippen LogP contribution in [0.25, 0.3) is 11.5 Å². The van der Waals surface area contributed by atoms with Gasteiger partial charge in [0.25, 0.3) is 11.8 Å². The molecule has 2 aromatic heterocycles. The first-order valence-electron chi connectivity index (χ1n) is 10.9. The van der Waals surface area contributed by atoms with Crippen LogP contribution in [0.5, 0.6) is 0 Å². The number of nitrogens with zero attached hydrogens (tertiary/aromatic N) is 4. The molecule has 10 heteroatoms. The summed E-state index contributed by atoms with van der Waals surface area (Å²) in [5, 5.41) is 13.3. The monoisotopic (exact) mass is 473 g/mol. The molecular formula is C25H24FN7O2. The highest BCUT2D eigenvalue weighted by Gasteiger charge is 2.17. The lowest BCUT2D eigenvalue weighted by molar-refractivity contribution is 0.101. The van der Waals surface area contributed by atoms with Gasteiger partial charge in [0, 0.05) is 23.8 Å². The molecule has 178 valence electrons. The number of aromatic nitrogens is 4. The van der Waals surface area contributed by atoms with Crippen LogP contribution in [0.3, 0.4) is 0 Å². The first-order chi connectivity index (χ1) is 16.9. The first kappa shape index (κ1) is 23.7. The van der Waals surface area contributed by atoms with E-state index in [0.29, 0.717) is 23.6 Å². The molecule has 4 aromatic rings. The number of benzene rings is 2. The number of nitrogens with one attached hydrogen (secondary N) is 2. The first-order valence-corrected chi connectivity index (χ1v) is 10.9. The summed E-state index contributed by atoms with van der Waals surface area (Å²) in [7, 11) is 0. The molecule has 0 atom stereocenters. The van der Waals surface area contributed by atoms with E-state index in [-0.39, 0.29) is 23.1 Å². The van der Waals surface area contributed by atoms with Gasteiger partial charge in [-0.2, -0.15) is 0 Å². The Hall–Kier alpha value is -4.44. The van der Waals surface area contributed by atoms with Crippen molar-refractivity contribution in [1.82, 2.24) is 19.7 Å². The highest BCUT2D eigenvalue weighted by Crippen LogP contribution is 2.21. The summed E-state index contributed by atoms with van der Waals surface area (Å²) >= 11 is 0. The van der Waals surface area contributed by atoms with Gasteiger partial charge in [-0.25, -0.2) is 9.37 Å². The van der Waals surface area contributed by atoms with Gasteiger partial charge in [-0.1, -0.05) is 18.2 Å². The maximum absolute atomic E-state index is 14.5. The molecule has 0 fully saturated rings. The van der Waals surface area contributed by atoms with E-state index in [9.17, 15) is 14.0 Å². The van der Waals surface area contributed by atoms with Gasteiger partial charge in [0.05, 0.1) is 5.56 Å². The molecule has 2 amide bonds. The number of hydrogen-bond donors (Lipinski definition) is 3. The van der Waals surface area contributed by atoms with E-state index in [0.717, 1.165) is 11.6 Å². The quantitative estimate of drug-likeness (QED) is 0.372. The molecule has 0 unspecified atom stereocenters. The number of nitrogens with two attached hydrogens (primary N) is 1. The maximum atomic E-state index is 14.5. The third-order valence-electron chi connectivity index (χ3n) is 5.27. The standard InChI is InChI=1S/C25H24FN7O2/c1-15(2)33-14-28-32-23(33)21-4-3-5-22(30-21)31-25(35)19-12-18(10-11-20(19)26)29-24(34)17-8-6-16(13-27)7-9-17/h3-12,14-15H,13,27H2,1-2H3,(H,29,34)(H,30,31,35). The molecule has 2 heterocycles. The third kappa shape index (κ3) is 5.39. The van der Waals surface area contributed by atoms with Crippen LogP contribution in [0.1, 0.15) is 46.2 Å². The van der Waals surface area contributed by atoms with Crippen molar-refractivity contribution in [3.63, 3.8) is 0 Å². The minimum absolute atomic E-state index is 0.116. The molecule has 0 aliphatic rings. The largest absolute Gasteiger partial charge is 0.326 e. The number of hydrogen-bond acceptors (Lipinski definition) is 6. The summed E-state index contributed by atoms with van der Waals surface area (Å²) in [5.74, 6) is -1.06. The third-order valence-corrected chi connectivity index (χ3v) is 5.27. The van der Waals surface area contributed by atoms with Crippen LogP contribution in [0.4, 0.5) is 15.9 Å². The SMILES string of the molecule is CC(C)n1cnnc1-c1cccc(NC(=O)c2cc(NC(=O)c3ccc(CN)cc3)ccc2F)n1. The number of pyridine rings is 1. The normalized spacial score (nSPS) is 10.9. The topological polar surface area (TPSA) is 128 Å². The molecule has 0 aliphatic carbocycles. The second-order valence-electron chi connectivity index (χ2n) is 8.07. The van der Waals surface area contributed by atoms with Crippen LogP contribution in [0.15, 0.2) is 67.0 Å². The van der Waals surface area contributed by atoms with Gasteiger partial charge in [-0.3, -0.25) is 9.59 Å². The van der Waals surface area contributed by atoms with Crippen LogP contribution in [0, 0.1) is 5.82 Å². The number of rotatable bonds is 7. The minimum atomic E-state index is -0.733. The molecule has 0 saturated heterocycles. The number of carbonyl (C=O) groups is 2. The molecule has 2 aromatic carbocycles. The number of carbonyl (C=O) groups excluding carboxylic acids is 2. The summed E-state index contributed by atoms with van der Waals surface area (Å²) in [5.41, 5.74) is 7.43. The Morgan fingerprint density at radius 3 is 2.51 bits per heavy atom.